The molecule has 0 spiro atoms. The molecule has 0 aliphatic carbocycles. The third kappa shape index (κ3) is 6.50. The Hall–Kier alpha value is -4.20. The van der Waals surface area contributed by atoms with Gasteiger partial charge in [0.15, 0.2) is 16.5 Å². The van der Waals surface area contributed by atoms with Crippen LogP contribution in [0, 0.1) is 0 Å². The molecule has 13 heteroatoms. The number of carbonyl (C=O) groups is 2. The Kier molecular flexibility index (Phi) is 8.87. The summed E-state index contributed by atoms with van der Waals surface area (Å²) in [5, 5.41) is 5.34. The predicted octanol–water partition coefficient (Wildman–Crippen LogP) is 2.47. The van der Waals surface area contributed by atoms with Crippen LogP contribution in [0.3, 0.4) is 0 Å². The van der Waals surface area contributed by atoms with Gasteiger partial charge in [0.25, 0.3) is 5.91 Å². The van der Waals surface area contributed by atoms with Crippen molar-refractivity contribution in [2.24, 2.45) is 5.73 Å². The molecule has 40 heavy (non-hydrogen) atoms. The van der Waals surface area contributed by atoms with Gasteiger partial charge in [0.05, 0.1) is 5.69 Å². The zero-order valence-corrected chi connectivity index (χ0v) is 23.5. The number of benzene rings is 1. The number of thiazole rings is 1. The van der Waals surface area contributed by atoms with Gasteiger partial charge in [-0.1, -0.05) is 36.4 Å². The van der Waals surface area contributed by atoms with Crippen molar-refractivity contribution in [2.75, 3.05) is 32.6 Å². The number of hydrogen-bond donors (Lipinski definition) is 2. The van der Waals surface area contributed by atoms with E-state index >= 15 is 0 Å². The van der Waals surface area contributed by atoms with Gasteiger partial charge in [0, 0.05) is 43.9 Å². The highest BCUT2D eigenvalue weighted by Gasteiger charge is 2.45. The molecule has 3 aromatic heterocycles. The highest BCUT2D eigenvalue weighted by Crippen LogP contribution is 2.34. The van der Waals surface area contributed by atoms with E-state index in [0.29, 0.717) is 5.56 Å². The minimum absolute atomic E-state index is 0.0586. The maximum Gasteiger partial charge on any atom is 0.325 e. The number of nitrogens with zero attached hydrogens (tertiary/aromatic N) is 4. The van der Waals surface area contributed by atoms with Gasteiger partial charge in [-0.3, -0.25) is 9.59 Å². The first-order valence-corrected chi connectivity index (χ1v) is 14.5. The minimum atomic E-state index is -4.25. The van der Waals surface area contributed by atoms with Crippen LogP contribution in [0.25, 0.3) is 10.6 Å². The number of rotatable bonds is 11. The van der Waals surface area contributed by atoms with E-state index in [1.165, 1.54) is 34.6 Å². The molecule has 1 aromatic carbocycles. The molecule has 0 fully saturated rings. The van der Waals surface area contributed by atoms with Crippen LogP contribution in [0.5, 0.6) is 0 Å². The van der Waals surface area contributed by atoms with Crippen LogP contribution in [0.2, 0.25) is 0 Å². The highest BCUT2D eigenvalue weighted by molar-refractivity contribution is 7.92. The molecule has 4 aromatic rings. The molecule has 0 radical (unpaired) electrons. The molecule has 3 N–H and O–H groups in total. The molecule has 3 heterocycles. The summed E-state index contributed by atoms with van der Waals surface area (Å²) in [5.41, 5.74) is 8.39. The standard InChI is InChI=1S/C27H28N6O5S2/c1-33(2)24(34)18-38-25(35)17-31-22-7-5-6-21(32-22)27(28,40(36,37)23-8-3-4-13-29-23)16-19-9-11-20(12-10-19)26-30-14-15-39-26/h3-15H,16-18,28H2,1-2H3,(H,31,32). The van der Waals surface area contributed by atoms with Gasteiger partial charge in [0.1, 0.15) is 17.4 Å². The summed E-state index contributed by atoms with van der Waals surface area (Å²) in [6.45, 7) is -0.684. The molecule has 208 valence electrons. The second-order valence-electron chi connectivity index (χ2n) is 8.98. The number of hydrogen-bond acceptors (Lipinski definition) is 11. The summed E-state index contributed by atoms with van der Waals surface area (Å²) in [6.07, 6.45) is 3.00. The molecule has 0 aliphatic rings. The van der Waals surface area contributed by atoms with E-state index in [0.717, 1.165) is 10.6 Å². The fourth-order valence-corrected chi connectivity index (χ4v) is 5.92. The summed E-state index contributed by atoms with van der Waals surface area (Å²) < 4.78 is 32.8. The Morgan fingerprint density at radius 1 is 1.02 bits per heavy atom. The summed E-state index contributed by atoms with van der Waals surface area (Å²) >= 11 is 1.50. The predicted molar refractivity (Wildman–Crippen MR) is 151 cm³/mol. The van der Waals surface area contributed by atoms with E-state index < -0.39 is 27.3 Å². The Balaban J connectivity index is 1.62. The lowest BCUT2D eigenvalue weighted by Gasteiger charge is -2.29. The van der Waals surface area contributed by atoms with Crippen LogP contribution in [0.1, 0.15) is 11.3 Å². The first-order valence-electron chi connectivity index (χ1n) is 12.1. The molecule has 0 saturated carbocycles. The van der Waals surface area contributed by atoms with Crippen LogP contribution in [-0.4, -0.2) is 67.4 Å². The number of esters is 1. The molecule has 0 bridgehead atoms. The summed E-state index contributed by atoms with van der Waals surface area (Å²) in [5.74, 6) is -0.831. The van der Waals surface area contributed by atoms with Gasteiger partial charge in [-0.05, 0) is 29.8 Å². The maximum atomic E-state index is 13.9. The zero-order valence-electron chi connectivity index (χ0n) is 21.9. The van der Waals surface area contributed by atoms with Crippen molar-refractivity contribution >= 4 is 38.9 Å². The van der Waals surface area contributed by atoms with Gasteiger partial charge in [-0.15, -0.1) is 11.3 Å². The molecule has 0 aliphatic heterocycles. The molecule has 1 unspecified atom stereocenters. The number of pyridine rings is 2. The number of nitrogens with two attached hydrogens (primary N) is 1. The van der Waals surface area contributed by atoms with Crippen LogP contribution < -0.4 is 11.1 Å². The van der Waals surface area contributed by atoms with Crippen molar-refractivity contribution < 1.29 is 22.7 Å². The zero-order chi connectivity index (χ0) is 28.8. The molecular formula is C27H28N6O5S2. The quantitative estimate of drug-likeness (QED) is 0.253. The van der Waals surface area contributed by atoms with Crippen LogP contribution in [0.15, 0.2) is 83.5 Å². The SMILES string of the molecule is CN(C)C(=O)COC(=O)CNc1cccc(C(N)(Cc2ccc(-c3nccs3)cc2)S(=O)(=O)c2ccccn2)n1. The third-order valence-corrected chi connectivity index (χ3v) is 8.87. The minimum Gasteiger partial charge on any atom is -0.454 e. The molecule has 0 saturated heterocycles. The van der Waals surface area contributed by atoms with Crippen molar-refractivity contribution in [1.29, 1.82) is 0 Å². The molecule has 1 amide bonds. The molecule has 4 rings (SSSR count). The van der Waals surface area contributed by atoms with Crippen molar-refractivity contribution in [3.63, 3.8) is 0 Å². The fraction of sp³-hybridized carbons (Fsp3) is 0.222. The monoisotopic (exact) mass is 580 g/mol. The number of likely N-dealkylation sites (N-methyl/N-ethyl adjacent to an activating group) is 1. The lowest BCUT2D eigenvalue weighted by molar-refractivity contribution is -0.149. The number of nitrogens with one attached hydrogen (secondary N) is 1. The number of anilines is 1. The largest absolute Gasteiger partial charge is 0.454 e. The first kappa shape index (κ1) is 28.8. The Bertz CT molecular complexity index is 1560. The first-order chi connectivity index (χ1) is 19.1. The normalized spacial score (nSPS) is 12.8. The summed E-state index contributed by atoms with van der Waals surface area (Å²) in [4.78, 5) is 35.9. The Labute approximate surface area is 236 Å². The molecule has 11 nitrogen and oxygen atoms in total. The number of amides is 1. The van der Waals surface area contributed by atoms with Crippen molar-refractivity contribution in [1.82, 2.24) is 19.9 Å². The average Bonchev–Trinajstić information content (AvgIpc) is 3.51. The number of ether oxygens (including phenoxy) is 1. The fourth-order valence-electron chi connectivity index (χ4n) is 3.70. The second-order valence-corrected chi connectivity index (χ2v) is 12.0. The number of carbonyl (C=O) groups excluding carboxylic acids is 2. The van der Waals surface area contributed by atoms with Gasteiger partial charge >= 0.3 is 5.97 Å². The van der Waals surface area contributed by atoms with Crippen molar-refractivity contribution in [3.8, 4) is 10.6 Å². The van der Waals surface area contributed by atoms with E-state index in [2.05, 4.69) is 20.3 Å². The van der Waals surface area contributed by atoms with Gasteiger partial charge in [-0.25, -0.2) is 23.4 Å². The topological polar surface area (TPSA) is 157 Å². The van der Waals surface area contributed by atoms with Gasteiger partial charge in [0.2, 0.25) is 9.84 Å². The smallest absolute Gasteiger partial charge is 0.325 e. The Morgan fingerprint density at radius 2 is 1.80 bits per heavy atom. The molecular weight excluding hydrogens is 552 g/mol. The van der Waals surface area contributed by atoms with Crippen LogP contribution in [-0.2, 0) is 35.5 Å². The number of aromatic nitrogens is 3. The van der Waals surface area contributed by atoms with Crippen molar-refractivity contribution in [2.45, 2.75) is 16.3 Å². The number of sulfone groups is 1. The Morgan fingerprint density at radius 3 is 2.45 bits per heavy atom. The van der Waals surface area contributed by atoms with E-state index in [9.17, 15) is 18.0 Å². The second kappa shape index (κ2) is 12.3. The van der Waals surface area contributed by atoms with E-state index in [-0.39, 0.29) is 35.4 Å². The van der Waals surface area contributed by atoms with E-state index in [1.807, 2.05) is 17.5 Å². The van der Waals surface area contributed by atoms with Crippen LogP contribution >= 0.6 is 11.3 Å². The average molecular weight is 581 g/mol. The van der Waals surface area contributed by atoms with Gasteiger partial charge < -0.3 is 20.7 Å². The van der Waals surface area contributed by atoms with E-state index in [1.54, 1.807) is 56.7 Å². The lowest BCUT2D eigenvalue weighted by atomic mass is 10.0. The molecule has 1 atom stereocenters. The lowest BCUT2D eigenvalue weighted by Crippen LogP contribution is -2.47. The summed E-state index contributed by atoms with van der Waals surface area (Å²) in [7, 11) is -1.14. The van der Waals surface area contributed by atoms with Crippen molar-refractivity contribution in [3.05, 3.63) is 89.7 Å². The van der Waals surface area contributed by atoms with E-state index in [4.69, 9.17) is 10.5 Å². The van der Waals surface area contributed by atoms with Crippen LogP contribution in [0.4, 0.5) is 5.82 Å². The maximum absolute atomic E-state index is 13.9. The summed E-state index contributed by atoms with van der Waals surface area (Å²) in [6, 6.07) is 16.6. The third-order valence-electron chi connectivity index (χ3n) is 5.94. The highest BCUT2D eigenvalue weighted by atomic mass is 32.2. The van der Waals surface area contributed by atoms with Gasteiger partial charge in [-0.2, -0.15) is 0 Å².